The van der Waals surface area contributed by atoms with Gasteiger partial charge in [-0.1, -0.05) is 0 Å². The number of hydrogen-bond acceptors (Lipinski definition) is 2. The van der Waals surface area contributed by atoms with Gasteiger partial charge in [-0.05, 0) is 14.1 Å². The third-order valence-electron chi connectivity index (χ3n) is 0.258. The molecule has 0 saturated heterocycles. The SMILES string of the molecule is CN=[C-]N(C)N.[U]. The van der Waals surface area contributed by atoms with Gasteiger partial charge in [0, 0.05) is 31.1 Å². The van der Waals surface area contributed by atoms with Crippen molar-refractivity contribution in [1.29, 1.82) is 0 Å². The van der Waals surface area contributed by atoms with E-state index in [0.29, 0.717) is 0 Å². The maximum atomic E-state index is 5.03. The van der Waals surface area contributed by atoms with Gasteiger partial charge >= 0.3 is 0 Å². The van der Waals surface area contributed by atoms with Crippen LogP contribution in [0.2, 0.25) is 0 Å². The first-order valence-corrected chi connectivity index (χ1v) is 1.60. The largest absolute Gasteiger partial charge is 0.484 e. The predicted octanol–water partition coefficient (Wildman–Crippen LogP) is -0.673. The molecule has 2 N–H and O–H groups in total. The van der Waals surface area contributed by atoms with Crippen LogP contribution in [0.1, 0.15) is 0 Å². The number of nitrogens with two attached hydrogens (primary N) is 1. The van der Waals surface area contributed by atoms with Gasteiger partial charge in [-0.25, -0.2) is 0 Å². The molecule has 40 valence electrons. The molecule has 0 aliphatic heterocycles. The Bertz CT molecular complexity index is 52.1. The summed E-state index contributed by atoms with van der Waals surface area (Å²) in [6.45, 7) is 0. The minimum absolute atomic E-state index is 0. The second-order valence-corrected chi connectivity index (χ2v) is 0.935. The number of aliphatic imine (C=N–C) groups is 1. The summed E-state index contributed by atoms with van der Waals surface area (Å²) in [5.41, 5.74) is 0. The summed E-state index contributed by atoms with van der Waals surface area (Å²) in [6, 6.07) is 0. The van der Waals surface area contributed by atoms with E-state index in [1.165, 1.54) is 5.01 Å². The Balaban J connectivity index is 0. The molecule has 0 aliphatic rings. The predicted molar refractivity (Wildman–Crippen MR) is 25.3 cm³/mol. The summed E-state index contributed by atoms with van der Waals surface area (Å²) in [7, 11) is 3.27. The molecule has 0 saturated carbocycles. The van der Waals surface area contributed by atoms with Gasteiger partial charge in [0.15, 0.2) is 0 Å². The molecule has 0 aliphatic carbocycles. The van der Waals surface area contributed by atoms with E-state index in [-0.39, 0.29) is 31.1 Å². The van der Waals surface area contributed by atoms with Crippen LogP contribution in [-0.4, -0.2) is 25.4 Å². The quantitative estimate of drug-likeness (QED) is 0.174. The van der Waals surface area contributed by atoms with Crippen molar-refractivity contribution >= 4 is 6.34 Å². The van der Waals surface area contributed by atoms with Crippen LogP contribution in [0.25, 0.3) is 0 Å². The smallest absolute Gasteiger partial charge is 0 e. The molecule has 0 fully saturated rings. The zero-order chi connectivity index (χ0) is 4.99. The van der Waals surface area contributed by atoms with Crippen LogP contribution >= 0.6 is 0 Å². The summed E-state index contributed by atoms with van der Waals surface area (Å²) in [5.74, 6) is 5.03. The van der Waals surface area contributed by atoms with Crippen LogP contribution < -0.4 is 5.84 Å². The number of rotatable bonds is 1. The Kier molecular flexibility index (Phi) is 9.69. The first kappa shape index (κ1) is 10.5. The van der Waals surface area contributed by atoms with E-state index < -0.39 is 0 Å². The zero-order valence-electron chi connectivity index (χ0n) is 4.47. The third-order valence-corrected chi connectivity index (χ3v) is 0.258. The van der Waals surface area contributed by atoms with E-state index >= 15 is 0 Å². The minimum atomic E-state index is 0. The van der Waals surface area contributed by atoms with Gasteiger partial charge in [0.2, 0.25) is 0 Å². The van der Waals surface area contributed by atoms with Gasteiger partial charge in [0.1, 0.15) is 0 Å². The van der Waals surface area contributed by atoms with Crippen molar-refractivity contribution in [1.82, 2.24) is 5.01 Å². The van der Waals surface area contributed by atoms with Crippen LogP contribution in [-0.2, 0) is 0 Å². The van der Waals surface area contributed by atoms with Crippen LogP contribution in [0.5, 0.6) is 0 Å². The van der Waals surface area contributed by atoms with Crippen molar-refractivity contribution in [3.05, 3.63) is 0 Å². The Morgan fingerprint density at radius 3 is 2.14 bits per heavy atom. The maximum absolute atomic E-state index is 5.03. The van der Waals surface area contributed by atoms with Gasteiger partial charge in [0.25, 0.3) is 0 Å². The molecule has 0 amide bonds. The molecule has 4 heteroatoms. The molecule has 0 aromatic rings. The fraction of sp³-hybridized carbons (Fsp3) is 0.667. The molecule has 0 atom stereocenters. The second-order valence-electron chi connectivity index (χ2n) is 0.935. The normalized spacial score (nSPS) is 8.43. The standard InChI is InChI=1S/C3H8N3.U/c1-5-3-6(2)4;/h4H2,1-2H3;/q-1;. The van der Waals surface area contributed by atoms with Crippen molar-refractivity contribution in [2.24, 2.45) is 10.8 Å². The van der Waals surface area contributed by atoms with E-state index in [1.807, 2.05) is 0 Å². The maximum Gasteiger partial charge on any atom is 0 e. The average Bonchev–Trinajstić information content (AvgIpc) is 1.35. The molecule has 0 aromatic heterocycles. The summed E-state index contributed by atoms with van der Waals surface area (Å²) < 4.78 is 0. The fourth-order valence-electron chi connectivity index (χ4n) is 0.158. The summed E-state index contributed by atoms with van der Waals surface area (Å²) in [5, 5.41) is 1.26. The second kappa shape index (κ2) is 6.48. The molecule has 3 nitrogen and oxygen atoms in total. The molecule has 0 bridgehead atoms. The molecular formula is C3H8N3U-. The summed E-state index contributed by atoms with van der Waals surface area (Å²) in [4.78, 5) is 3.49. The van der Waals surface area contributed by atoms with Gasteiger partial charge in [-0.2, -0.15) is 0 Å². The van der Waals surface area contributed by atoms with Crippen molar-refractivity contribution in [3.63, 3.8) is 0 Å². The first-order valence-electron chi connectivity index (χ1n) is 1.60. The molecule has 0 unspecified atom stereocenters. The summed E-state index contributed by atoms with van der Waals surface area (Å²) >= 11 is 0. The van der Waals surface area contributed by atoms with E-state index in [4.69, 9.17) is 5.84 Å². The number of hydrazine groups is 1. The molecule has 0 aromatic carbocycles. The van der Waals surface area contributed by atoms with Crippen LogP contribution in [0.3, 0.4) is 0 Å². The van der Waals surface area contributed by atoms with E-state index in [2.05, 4.69) is 11.3 Å². The van der Waals surface area contributed by atoms with E-state index in [9.17, 15) is 0 Å². The minimum Gasteiger partial charge on any atom is -0.484 e. The number of nitrogens with zero attached hydrogens (tertiary/aromatic N) is 2. The Labute approximate surface area is 67.3 Å². The average molecular weight is 324 g/mol. The van der Waals surface area contributed by atoms with Crippen LogP contribution in [0.15, 0.2) is 4.99 Å². The van der Waals surface area contributed by atoms with Crippen molar-refractivity contribution in [2.75, 3.05) is 14.1 Å². The van der Waals surface area contributed by atoms with E-state index in [0.717, 1.165) is 0 Å². The molecule has 0 rings (SSSR count). The van der Waals surface area contributed by atoms with Crippen molar-refractivity contribution in [2.45, 2.75) is 0 Å². The van der Waals surface area contributed by atoms with Gasteiger partial charge in [-0.3, -0.25) is 12.2 Å². The molecule has 0 heterocycles. The topological polar surface area (TPSA) is 41.6 Å². The van der Waals surface area contributed by atoms with E-state index in [1.54, 1.807) is 14.1 Å². The molecule has 0 spiro atoms. The Morgan fingerprint density at radius 2 is 2.14 bits per heavy atom. The van der Waals surface area contributed by atoms with Crippen LogP contribution in [0.4, 0.5) is 0 Å². The Hall–Kier alpha value is 0.482. The third kappa shape index (κ3) is 10.7. The van der Waals surface area contributed by atoms with Crippen LogP contribution in [0, 0.1) is 31.1 Å². The van der Waals surface area contributed by atoms with Crippen molar-refractivity contribution < 1.29 is 31.1 Å². The summed E-state index contributed by atoms with van der Waals surface area (Å²) in [6.07, 6.45) is 2.44. The fourth-order valence-corrected chi connectivity index (χ4v) is 0.158. The monoisotopic (exact) mass is 324 g/mol. The zero-order valence-corrected chi connectivity index (χ0v) is 8.64. The van der Waals surface area contributed by atoms with Gasteiger partial charge in [0.05, 0.1) is 0 Å². The first-order chi connectivity index (χ1) is 2.77. The molecule has 0 radical (unpaired) electrons. The van der Waals surface area contributed by atoms with Crippen molar-refractivity contribution in [3.8, 4) is 0 Å². The Morgan fingerprint density at radius 1 is 1.71 bits per heavy atom. The molecule has 7 heavy (non-hydrogen) atoms. The molecular weight excluding hydrogens is 316 g/mol. The number of hydrogen-bond donors (Lipinski definition) is 1. The van der Waals surface area contributed by atoms with Gasteiger partial charge < -0.3 is 10.0 Å². The van der Waals surface area contributed by atoms with Gasteiger partial charge in [-0.15, -0.1) is 0 Å².